The lowest BCUT2D eigenvalue weighted by atomic mass is 10.2. The SMILES string of the molecule is CCNC(=NCc1cccc(OCCOC)c1)NCC.I. The predicted molar refractivity (Wildman–Crippen MR) is 97.7 cm³/mol. The molecule has 0 spiro atoms. The van der Waals surface area contributed by atoms with E-state index < -0.39 is 0 Å². The first kappa shape index (κ1) is 20.0. The van der Waals surface area contributed by atoms with Gasteiger partial charge in [0.05, 0.1) is 13.2 Å². The lowest BCUT2D eigenvalue weighted by molar-refractivity contribution is 0.146. The van der Waals surface area contributed by atoms with Crippen LogP contribution in [-0.4, -0.2) is 39.4 Å². The van der Waals surface area contributed by atoms with Crippen molar-refractivity contribution in [2.75, 3.05) is 33.4 Å². The molecule has 1 aromatic rings. The molecule has 5 nitrogen and oxygen atoms in total. The van der Waals surface area contributed by atoms with Crippen molar-refractivity contribution in [2.24, 2.45) is 4.99 Å². The number of guanidine groups is 1. The van der Waals surface area contributed by atoms with Gasteiger partial charge in [0, 0.05) is 20.2 Å². The van der Waals surface area contributed by atoms with E-state index in [0.29, 0.717) is 19.8 Å². The molecule has 0 aliphatic carbocycles. The van der Waals surface area contributed by atoms with Crippen molar-refractivity contribution in [3.63, 3.8) is 0 Å². The molecule has 0 unspecified atom stereocenters. The van der Waals surface area contributed by atoms with Crippen LogP contribution in [0.1, 0.15) is 19.4 Å². The van der Waals surface area contributed by atoms with Crippen LogP contribution >= 0.6 is 24.0 Å². The van der Waals surface area contributed by atoms with Crippen molar-refractivity contribution < 1.29 is 9.47 Å². The molecular weight excluding hydrogens is 381 g/mol. The van der Waals surface area contributed by atoms with E-state index in [0.717, 1.165) is 30.4 Å². The monoisotopic (exact) mass is 407 g/mol. The summed E-state index contributed by atoms with van der Waals surface area (Å²) in [5, 5.41) is 6.40. The number of aliphatic imine (C=N–C) groups is 1. The van der Waals surface area contributed by atoms with E-state index in [1.807, 2.05) is 24.3 Å². The molecule has 120 valence electrons. The molecule has 0 aliphatic heterocycles. The summed E-state index contributed by atoms with van der Waals surface area (Å²) < 4.78 is 10.5. The zero-order chi connectivity index (χ0) is 14.6. The number of hydrogen-bond donors (Lipinski definition) is 2. The van der Waals surface area contributed by atoms with Gasteiger partial charge in [-0.25, -0.2) is 4.99 Å². The highest BCUT2D eigenvalue weighted by Gasteiger charge is 1.98. The minimum absolute atomic E-state index is 0. The number of methoxy groups -OCH3 is 1. The Morgan fingerprint density at radius 2 is 1.86 bits per heavy atom. The van der Waals surface area contributed by atoms with E-state index in [-0.39, 0.29) is 24.0 Å². The third kappa shape index (κ3) is 8.77. The van der Waals surface area contributed by atoms with Crippen LogP contribution in [0, 0.1) is 0 Å². The Morgan fingerprint density at radius 1 is 1.14 bits per heavy atom. The van der Waals surface area contributed by atoms with Crippen molar-refractivity contribution in [1.29, 1.82) is 0 Å². The van der Waals surface area contributed by atoms with Crippen molar-refractivity contribution in [3.05, 3.63) is 29.8 Å². The summed E-state index contributed by atoms with van der Waals surface area (Å²) in [6.45, 7) is 7.58. The highest BCUT2D eigenvalue weighted by atomic mass is 127. The average Bonchev–Trinajstić information content (AvgIpc) is 2.46. The van der Waals surface area contributed by atoms with Gasteiger partial charge >= 0.3 is 0 Å². The van der Waals surface area contributed by atoms with Crippen molar-refractivity contribution in [1.82, 2.24) is 10.6 Å². The van der Waals surface area contributed by atoms with Gasteiger partial charge in [-0.2, -0.15) is 0 Å². The molecule has 0 fully saturated rings. The molecule has 1 rings (SSSR count). The topological polar surface area (TPSA) is 54.9 Å². The molecule has 0 aliphatic rings. The van der Waals surface area contributed by atoms with Crippen molar-refractivity contribution in [2.45, 2.75) is 20.4 Å². The number of nitrogens with one attached hydrogen (secondary N) is 2. The fourth-order valence-electron chi connectivity index (χ4n) is 1.66. The van der Waals surface area contributed by atoms with Gasteiger partial charge in [-0.05, 0) is 31.5 Å². The third-order valence-corrected chi connectivity index (χ3v) is 2.56. The number of ether oxygens (including phenoxy) is 2. The summed E-state index contributed by atoms with van der Waals surface area (Å²) in [6, 6.07) is 7.97. The van der Waals surface area contributed by atoms with Gasteiger partial charge in [0.2, 0.25) is 0 Å². The standard InChI is InChI=1S/C15H25N3O2.HI/c1-4-16-15(17-5-2)18-12-13-7-6-8-14(11-13)20-10-9-19-3;/h6-8,11H,4-5,9-10,12H2,1-3H3,(H2,16,17,18);1H. The van der Waals surface area contributed by atoms with Gasteiger partial charge in [0.25, 0.3) is 0 Å². The van der Waals surface area contributed by atoms with Crippen LogP contribution in [0.5, 0.6) is 5.75 Å². The van der Waals surface area contributed by atoms with Crippen LogP contribution in [-0.2, 0) is 11.3 Å². The molecule has 0 bridgehead atoms. The van der Waals surface area contributed by atoms with E-state index in [9.17, 15) is 0 Å². The number of nitrogens with zero attached hydrogens (tertiary/aromatic N) is 1. The van der Waals surface area contributed by atoms with Gasteiger partial charge in [-0.15, -0.1) is 24.0 Å². The Hall–Kier alpha value is -1.02. The zero-order valence-electron chi connectivity index (χ0n) is 13.0. The van der Waals surface area contributed by atoms with Gasteiger partial charge in [0.15, 0.2) is 5.96 Å². The fourth-order valence-corrected chi connectivity index (χ4v) is 1.66. The minimum Gasteiger partial charge on any atom is -0.491 e. The fraction of sp³-hybridized carbons (Fsp3) is 0.533. The largest absolute Gasteiger partial charge is 0.491 e. The average molecular weight is 407 g/mol. The quantitative estimate of drug-likeness (QED) is 0.301. The number of benzene rings is 1. The first-order chi connectivity index (χ1) is 9.80. The Morgan fingerprint density at radius 3 is 2.48 bits per heavy atom. The Kier molecular flexibility index (Phi) is 12.1. The molecule has 21 heavy (non-hydrogen) atoms. The highest BCUT2D eigenvalue weighted by Crippen LogP contribution is 2.13. The zero-order valence-corrected chi connectivity index (χ0v) is 15.3. The van der Waals surface area contributed by atoms with Crippen LogP contribution in [0.15, 0.2) is 29.3 Å². The molecule has 2 N–H and O–H groups in total. The van der Waals surface area contributed by atoms with Crippen molar-refractivity contribution >= 4 is 29.9 Å². The molecule has 0 radical (unpaired) electrons. The third-order valence-electron chi connectivity index (χ3n) is 2.56. The second kappa shape index (κ2) is 12.7. The van der Waals surface area contributed by atoms with Crippen molar-refractivity contribution in [3.8, 4) is 5.75 Å². The summed E-state index contributed by atoms with van der Waals surface area (Å²) in [5.41, 5.74) is 1.12. The highest BCUT2D eigenvalue weighted by molar-refractivity contribution is 14.0. The smallest absolute Gasteiger partial charge is 0.191 e. The van der Waals surface area contributed by atoms with Gasteiger partial charge < -0.3 is 20.1 Å². The van der Waals surface area contributed by atoms with E-state index in [1.165, 1.54) is 0 Å². The first-order valence-electron chi connectivity index (χ1n) is 7.03. The Bertz CT molecular complexity index is 406. The molecule has 0 heterocycles. The molecule has 0 amide bonds. The molecule has 0 atom stereocenters. The van der Waals surface area contributed by atoms with E-state index >= 15 is 0 Å². The lowest BCUT2D eigenvalue weighted by Crippen LogP contribution is -2.36. The summed E-state index contributed by atoms with van der Waals surface area (Å²) in [6.07, 6.45) is 0. The van der Waals surface area contributed by atoms with Crippen LogP contribution in [0.4, 0.5) is 0 Å². The van der Waals surface area contributed by atoms with E-state index in [2.05, 4.69) is 29.5 Å². The number of halogens is 1. The summed E-state index contributed by atoms with van der Waals surface area (Å²) in [7, 11) is 1.66. The first-order valence-corrected chi connectivity index (χ1v) is 7.03. The maximum absolute atomic E-state index is 5.58. The maximum Gasteiger partial charge on any atom is 0.191 e. The Labute approximate surface area is 144 Å². The van der Waals surface area contributed by atoms with E-state index in [1.54, 1.807) is 7.11 Å². The number of rotatable bonds is 8. The molecule has 6 heteroatoms. The molecule has 1 aromatic carbocycles. The van der Waals surface area contributed by atoms with Gasteiger partial charge in [0.1, 0.15) is 12.4 Å². The number of hydrogen-bond acceptors (Lipinski definition) is 3. The summed E-state index contributed by atoms with van der Waals surface area (Å²) >= 11 is 0. The second-order valence-corrected chi connectivity index (χ2v) is 4.21. The van der Waals surface area contributed by atoms with Crippen LogP contribution < -0.4 is 15.4 Å². The molecule has 0 saturated carbocycles. The maximum atomic E-state index is 5.58. The van der Waals surface area contributed by atoms with Crippen LogP contribution in [0.2, 0.25) is 0 Å². The van der Waals surface area contributed by atoms with Crippen LogP contribution in [0.3, 0.4) is 0 Å². The van der Waals surface area contributed by atoms with Gasteiger partial charge in [-0.1, -0.05) is 12.1 Å². The summed E-state index contributed by atoms with van der Waals surface area (Å²) in [4.78, 5) is 4.53. The predicted octanol–water partition coefficient (Wildman–Crippen LogP) is 2.40. The van der Waals surface area contributed by atoms with Gasteiger partial charge in [-0.3, -0.25) is 0 Å². The molecular formula is C15H26IN3O2. The normalized spacial score (nSPS) is 9.48. The summed E-state index contributed by atoms with van der Waals surface area (Å²) in [5.74, 6) is 1.68. The second-order valence-electron chi connectivity index (χ2n) is 4.21. The Balaban J connectivity index is 0.00000400. The van der Waals surface area contributed by atoms with Crippen LogP contribution in [0.25, 0.3) is 0 Å². The molecule has 0 saturated heterocycles. The van der Waals surface area contributed by atoms with E-state index in [4.69, 9.17) is 9.47 Å². The minimum atomic E-state index is 0. The molecule has 0 aromatic heterocycles. The lowest BCUT2D eigenvalue weighted by Gasteiger charge is -2.10.